The maximum atomic E-state index is 9.92. The third-order valence-electron chi connectivity index (χ3n) is 8.00. The van der Waals surface area contributed by atoms with Gasteiger partial charge in [0.1, 0.15) is 11.2 Å². The molecular formula is C44H28O. The quantitative estimate of drug-likeness (QED) is 0.187. The van der Waals surface area contributed by atoms with Gasteiger partial charge in [-0.05, 0) is 84.2 Å². The van der Waals surface area contributed by atoms with E-state index in [1.165, 1.54) is 0 Å². The molecule has 210 valence electrons. The summed E-state index contributed by atoms with van der Waals surface area (Å²) < 4.78 is 140. The van der Waals surface area contributed by atoms with Crippen molar-refractivity contribution in [2.24, 2.45) is 0 Å². The molecule has 0 aliphatic carbocycles. The van der Waals surface area contributed by atoms with Crippen LogP contribution in [0.25, 0.3) is 88.0 Å². The van der Waals surface area contributed by atoms with Crippen molar-refractivity contribution in [3.05, 3.63) is 169 Å². The van der Waals surface area contributed by atoms with Crippen LogP contribution >= 0.6 is 0 Å². The molecule has 9 aromatic rings. The summed E-state index contributed by atoms with van der Waals surface area (Å²) in [7, 11) is 0. The topological polar surface area (TPSA) is 13.1 Å². The van der Waals surface area contributed by atoms with E-state index in [-0.39, 0.29) is 61.8 Å². The summed E-state index contributed by atoms with van der Waals surface area (Å²) in [5.74, 6) is 0. The van der Waals surface area contributed by atoms with Crippen LogP contribution in [0.4, 0.5) is 0 Å². The summed E-state index contributed by atoms with van der Waals surface area (Å²) in [5.41, 5.74) is 0.340. The Bertz CT molecular complexity index is 3290. The zero-order chi connectivity index (χ0) is 42.8. The van der Waals surface area contributed by atoms with Gasteiger partial charge in [0.25, 0.3) is 0 Å². The monoisotopic (exact) mass is 587 g/mol. The van der Waals surface area contributed by atoms with Gasteiger partial charge < -0.3 is 4.42 Å². The highest BCUT2D eigenvalue weighted by molar-refractivity contribution is 6.24. The molecule has 1 heterocycles. The Morgan fingerprint density at radius 3 is 1.60 bits per heavy atom. The molecule has 0 unspecified atom stereocenters. The highest BCUT2D eigenvalue weighted by Gasteiger charge is 2.22. The Hall–Kier alpha value is -5.92. The SMILES string of the molecule is [2H]c1c([2H])c([2H])c(-c2c(-c3c4ccccc4c(-c4c([2H])c([2H])c([2H])c([2H])c4-c4ccccc4)c4ccccc34)c([2H])c3oc4c([2H])c([2H])c([2H])c([2H])c4c3c2[2H])c([2H])c1[2H]. The van der Waals surface area contributed by atoms with Crippen LogP contribution in [0.5, 0.6) is 0 Å². The zero-order valence-electron chi connectivity index (χ0n) is 38.4. The number of fused-ring (bicyclic) bond motifs is 5. The van der Waals surface area contributed by atoms with Gasteiger partial charge in [-0.25, -0.2) is 0 Å². The molecule has 0 aliphatic rings. The average Bonchev–Trinajstić information content (AvgIpc) is 3.67. The molecule has 45 heavy (non-hydrogen) atoms. The number of para-hydroxylation sites is 1. The van der Waals surface area contributed by atoms with Crippen molar-refractivity contribution in [1.82, 2.24) is 0 Å². The Labute approximate surface area is 282 Å². The third-order valence-corrected chi connectivity index (χ3v) is 8.00. The normalized spacial score (nSPS) is 16.2. The van der Waals surface area contributed by atoms with Crippen molar-refractivity contribution >= 4 is 43.5 Å². The number of furan rings is 1. The van der Waals surface area contributed by atoms with E-state index in [0.29, 0.717) is 32.7 Å². The van der Waals surface area contributed by atoms with Crippen molar-refractivity contribution in [1.29, 1.82) is 0 Å². The van der Waals surface area contributed by atoms with Crippen LogP contribution in [0.3, 0.4) is 0 Å². The molecule has 9 rings (SSSR count). The fraction of sp³-hybridized carbons (Fsp3) is 0. The summed E-state index contributed by atoms with van der Waals surface area (Å²) in [4.78, 5) is 0. The predicted molar refractivity (Wildman–Crippen MR) is 190 cm³/mol. The molecule has 1 aromatic heterocycles. The highest BCUT2D eigenvalue weighted by atomic mass is 16.3. The fourth-order valence-corrected chi connectivity index (χ4v) is 6.13. The lowest BCUT2D eigenvalue weighted by molar-refractivity contribution is 0.669. The van der Waals surface area contributed by atoms with E-state index in [4.69, 9.17) is 20.9 Å². The van der Waals surface area contributed by atoms with E-state index >= 15 is 0 Å². The molecule has 8 aromatic carbocycles. The van der Waals surface area contributed by atoms with E-state index in [2.05, 4.69) is 0 Å². The van der Waals surface area contributed by atoms with Crippen molar-refractivity contribution in [2.45, 2.75) is 0 Å². The minimum absolute atomic E-state index is 0.0856. The van der Waals surface area contributed by atoms with Crippen LogP contribution < -0.4 is 0 Å². The minimum Gasteiger partial charge on any atom is -0.456 e. The second-order valence-corrected chi connectivity index (χ2v) is 10.5. The van der Waals surface area contributed by atoms with Crippen molar-refractivity contribution in [3.8, 4) is 44.5 Å². The first-order chi connectivity index (χ1) is 28.6. The van der Waals surface area contributed by atoms with E-state index < -0.39 is 84.1 Å². The van der Waals surface area contributed by atoms with Crippen molar-refractivity contribution < 1.29 is 25.0 Å². The first-order valence-corrected chi connectivity index (χ1v) is 14.2. The second-order valence-electron chi connectivity index (χ2n) is 10.5. The first kappa shape index (κ1) is 14.7. The maximum absolute atomic E-state index is 9.92. The summed E-state index contributed by atoms with van der Waals surface area (Å²) >= 11 is 0. The van der Waals surface area contributed by atoms with E-state index in [9.17, 15) is 4.11 Å². The lowest BCUT2D eigenvalue weighted by Gasteiger charge is -2.21. The van der Waals surface area contributed by atoms with Gasteiger partial charge in [0, 0.05) is 10.8 Å². The molecule has 0 saturated carbocycles. The van der Waals surface area contributed by atoms with Gasteiger partial charge in [0.05, 0.1) is 20.6 Å². The average molecular weight is 588 g/mol. The number of rotatable bonds is 4. The van der Waals surface area contributed by atoms with Gasteiger partial charge >= 0.3 is 0 Å². The van der Waals surface area contributed by atoms with E-state index in [1.54, 1.807) is 78.9 Å². The maximum Gasteiger partial charge on any atom is 0.136 e. The van der Waals surface area contributed by atoms with Crippen LogP contribution in [0.1, 0.15) is 20.6 Å². The number of hydrogen-bond donors (Lipinski definition) is 0. The Morgan fingerprint density at radius 1 is 0.356 bits per heavy atom. The second kappa shape index (κ2) is 10.4. The predicted octanol–water partition coefficient (Wildman–Crippen LogP) is 12.6. The Morgan fingerprint density at radius 2 is 0.911 bits per heavy atom. The lowest BCUT2D eigenvalue weighted by Crippen LogP contribution is -1.94. The molecule has 0 fully saturated rings. The summed E-state index contributed by atoms with van der Waals surface area (Å²) in [6, 6.07) is 14.7. The molecule has 0 radical (unpaired) electrons. The number of hydrogen-bond acceptors (Lipinski definition) is 1. The van der Waals surface area contributed by atoms with Gasteiger partial charge in [-0.1, -0.05) is 151 Å². The van der Waals surface area contributed by atoms with Crippen LogP contribution in [0, 0.1) is 0 Å². The van der Waals surface area contributed by atoms with Gasteiger partial charge in [-0.2, -0.15) is 0 Å². The van der Waals surface area contributed by atoms with Gasteiger partial charge in [0.2, 0.25) is 0 Å². The Balaban J connectivity index is 1.56. The third kappa shape index (κ3) is 4.09. The van der Waals surface area contributed by atoms with Gasteiger partial charge in [0.15, 0.2) is 0 Å². The largest absolute Gasteiger partial charge is 0.456 e. The summed E-state index contributed by atoms with van der Waals surface area (Å²) in [5, 5.41) is 1.36. The van der Waals surface area contributed by atoms with Gasteiger partial charge in [-0.15, -0.1) is 0 Å². The van der Waals surface area contributed by atoms with E-state index in [0.717, 1.165) is 0 Å². The van der Waals surface area contributed by atoms with Crippen LogP contribution in [-0.2, 0) is 0 Å². The molecule has 1 heteroatoms. The molecule has 0 spiro atoms. The van der Waals surface area contributed by atoms with Crippen LogP contribution in [-0.4, -0.2) is 0 Å². The highest BCUT2D eigenvalue weighted by Crippen LogP contribution is 2.49. The Kier molecular flexibility index (Phi) is 3.39. The smallest absolute Gasteiger partial charge is 0.136 e. The van der Waals surface area contributed by atoms with Crippen molar-refractivity contribution in [2.75, 3.05) is 0 Å². The molecule has 0 bridgehead atoms. The van der Waals surface area contributed by atoms with Crippen molar-refractivity contribution in [3.63, 3.8) is 0 Å². The number of benzene rings is 8. The molecule has 0 saturated heterocycles. The summed E-state index contributed by atoms with van der Waals surface area (Å²) in [6.45, 7) is 0. The van der Waals surface area contributed by atoms with E-state index in [1.807, 2.05) is 0 Å². The molecule has 0 atom stereocenters. The first-order valence-electron chi connectivity index (χ1n) is 21.7. The lowest BCUT2D eigenvalue weighted by atomic mass is 9.82. The van der Waals surface area contributed by atoms with Crippen LogP contribution in [0.2, 0.25) is 0 Å². The minimum atomic E-state index is -0.696. The van der Waals surface area contributed by atoms with Crippen LogP contribution in [0.15, 0.2) is 174 Å². The molecule has 0 aliphatic heterocycles. The molecule has 0 N–H and O–H groups in total. The molecular weight excluding hydrogens is 544 g/mol. The molecule has 1 nitrogen and oxygen atoms in total. The summed E-state index contributed by atoms with van der Waals surface area (Å²) in [6.07, 6.45) is 0. The molecule has 0 amide bonds. The van der Waals surface area contributed by atoms with Gasteiger partial charge in [-0.3, -0.25) is 0 Å². The zero-order valence-corrected chi connectivity index (χ0v) is 23.4. The fourth-order valence-electron chi connectivity index (χ4n) is 6.13. The standard InChI is InChI=1S/C44H28O/c1-3-15-29(16-4-1)31-19-7-8-21-33(31)43-34-22-9-11-24-36(34)44(37-25-12-10-23-35(37)43)40-28-42-39(32-20-13-14-26-41(32)45-42)27-38(40)30-17-5-2-6-18-30/h1-28H/i2D,5D,6D,7D,8D,13D,14D,17D,18D,19D,20D,21D,26D,27D,28D.